The van der Waals surface area contributed by atoms with Crippen LogP contribution in [0.2, 0.25) is 10.0 Å². The highest BCUT2D eigenvalue weighted by Crippen LogP contribution is 2.31. The molecule has 2 aromatic heterocycles. The van der Waals surface area contributed by atoms with E-state index in [1.54, 1.807) is 24.4 Å². The molecule has 1 atom stereocenters. The molecule has 1 aliphatic rings. The van der Waals surface area contributed by atoms with Gasteiger partial charge in [-0.2, -0.15) is 10.1 Å². The van der Waals surface area contributed by atoms with E-state index >= 15 is 0 Å². The number of nitrogens with one attached hydrogen (secondary N) is 3. The molecule has 0 spiro atoms. The van der Waals surface area contributed by atoms with Gasteiger partial charge in [0.2, 0.25) is 11.8 Å². The van der Waals surface area contributed by atoms with Crippen molar-refractivity contribution in [1.82, 2.24) is 25.1 Å². The van der Waals surface area contributed by atoms with E-state index < -0.39 is 5.91 Å². The molecule has 1 fully saturated rings. The molecule has 3 N–H and O–H groups in total. The number of anilines is 3. The number of para-hydroxylation sites is 1. The van der Waals surface area contributed by atoms with Crippen LogP contribution >= 0.6 is 23.2 Å². The van der Waals surface area contributed by atoms with Gasteiger partial charge >= 0.3 is 0 Å². The summed E-state index contributed by atoms with van der Waals surface area (Å²) in [6.07, 6.45) is 8.29. The molecule has 0 saturated carbocycles. The normalized spacial score (nSPS) is 16.3. The number of carbonyl (C=O) groups excluding carboxylic acids is 1. The number of amides is 1. The zero-order chi connectivity index (χ0) is 22.5. The van der Waals surface area contributed by atoms with Gasteiger partial charge in [-0.1, -0.05) is 29.3 Å². The average Bonchev–Trinajstić information content (AvgIpc) is 3.08. The van der Waals surface area contributed by atoms with Gasteiger partial charge in [-0.3, -0.25) is 9.48 Å². The van der Waals surface area contributed by atoms with Crippen LogP contribution in [-0.4, -0.2) is 45.9 Å². The monoisotopic (exact) mass is 475 g/mol. The van der Waals surface area contributed by atoms with E-state index in [0.717, 1.165) is 38.0 Å². The third-order valence-corrected chi connectivity index (χ3v) is 5.80. The number of carbonyl (C=O) groups is 1. The predicted octanol–water partition coefficient (Wildman–Crippen LogP) is 4.30. The lowest BCUT2D eigenvalue weighted by atomic mass is 10.1. The summed E-state index contributed by atoms with van der Waals surface area (Å²) in [5.41, 5.74) is 1.21. The zero-order valence-corrected chi connectivity index (χ0v) is 19.0. The van der Waals surface area contributed by atoms with Crippen LogP contribution in [0.15, 0.2) is 36.8 Å². The van der Waals surface area contributed by atoms with Crippen molar-refractivity contribution in [3.63, 3.8) is 0 Å². The molecule has 0 radical (unpaired) electrons. The van der Waals surface area contributed by atoms with Crippen LogP contribution in [0, 0.1) is 0 Å². The van der Waals surface area contributed by atoms with Crippen molar-refractivity contribution >= 4 is 46.4 Å². The van der Waals surface area contributed by atoms with Crippen molar-refractivity contribution in [2.24, 2.45) is 0 Å². The van der Waals surface area contributed by atoms with Gasteiger partial charge in [-0.05, 0) is 44.5 Å². The summed E-state index contributed by atoms with van der Waals surface area (Å²) < 4.78 is 7.29. The van der Waals surface area contributed by atoms with Crippen LogP contribution < -0.4 is 20.7 Å². The molecule has 0 aliphatic carbocycles. The maximum atomic E-state index is 12.7. The van der Waals surface area contributed by atoms with Gasteiger partial charge in [-0.15, -0.1) is 0 Å². The number of hydrogen-bond donors (Lipinski definition) is 3. The van der Waals surface area contributed by atoms with E-state index in [2.05, 4.69) is 31.0 Å². The zero-order valence-electron chi connectivity index (χ0n) is 17.4. The van der Waals surface area contributed by atoms with Crippen LogP contribution in [0.25, 0.3) is 0 Å². The van der Waals surface area contributed by atoms with E-state index in [-0.39, 0.29) is 17.4 Å². The molecule has 11 heteroatoms. The molecule has 0 unspecified atom stereocenters. The van der Waals surface area contributed by atoms with E-state index in [0.29, 0.717) is 21.8 Å². The number of nitrogens with zero attached hydrogens (tertiary/aromatic N) is 4. The summed E-state index contributed by atoms with van der Waals surface area (Å²) in [5.74, 6) is -0.0835. The molecule has 1 aliphatic heterocycles. The second-order valence-corrected chi connectivity index (χ2v) is 8.15. The summed E-state index contributed by atoms with van der Waals surface area (Å²) in [4.78, 5) is 21.3. The SMILES string of the molecule is COc1nc(Nc2cnn([C@@H]3CCCNCC3)c2)ncc1C(=O)Nc1c(Cl)cccc1Cl. The Balaban J connectivity index is 1.48. The molecule has 1 amide bonds. The van der Waals surface area contributed by atoms with Gasteiger partial charge in [0.25, 0.3) is 5.91 Å². The summed E-state index contributed by atoms with van der Waals surface area (Å²) in [6, 6.07) is 5.32. The summed E-state index contributed by atoms with van der Waals surface area (Å²) in [6.45, 7) is 2.02. The lowest BCUT2D eigenvalue weighted by Gasteiger charge is -2.14. The highest BCUT2D eigenvalue weighted by Gasteiger charge is 2.19. The summed E-state index contributed by atoms with van der Waals surface area (Å²) >= 11 is 12.3. The number of ether oxygens (including phenoxy) is 1. The predicted molar refractivity (Wildman–Crippen MR) is 124 cm³/mol. The summed E-state index contributed by atoms with van der Waals surface area (Å²) in [5, 5.41) is 14.3. The van der Waals surface area contributed by atoms with Crippen LogP contribution in [0.3, 0.4) is 0 Å². The molecule has 3 aromatic rings. The Morgan fingerprint density at radius 1 is 1.22 bits per heavy atom. The van der Waals surface area contributed by atoms with Crippen molar-refractivity contribution in [2.45, 2.75) is 25.3 Å². The number of halogens is 2. The van der Waals surface area contributed by atoms with Gasteiger partial charge in [0, 0.05) is 12.4 Å². The fourth-order valence-corrected chi connectivity index (χ4v) is 4.02. The Morgan fingerprint density at radius 3 is 2.81 bits per heavy atom. The average molecular weight is 476 g/mol. The molecule has 9 nitrogen and oxygen atoms in total. The van der Waals surface area contributed by atoms with E-state index in [9.17, 15) is 4.79 Å². The first-order chi connectivity index (χ1) is 15.5. The largest absolute Gasteiger partial charge is 0.480 e. The number of hydrogen-bond acceptors (Lipinski definition) is 7. The first kappa shape index (κ1) is 22.3. The molecule has 3 heterocycles. The Hall–Kier alpha value is -2.88. The second-order valence-electron chi connectivity index (χ2n) is 7.34. The lowest BCUT2D eigenvalue weighted by Crippen LogP contribution is -2.15. The molecular formula is C21H23Cl2N7O2. The molecule has 1 saturated heterocycles. The van der Waals surface area contributed by atoms with Gasteiger partial charge in [-0.25, -0.2) is 4.98 Å². The number of methoxy groups -OCH3 is 1. The minimum absolute atomic E-state index is 0.116. The molecule has 168 valence electrons. The number of aromatic nitrogens is 4. The number of rotatable bonds is 6. The first-order valence-electron chi connectivity index (χ1n) is 10.2. The maximum absolute atomic E-state index is 12.7. The fourth-order valence-electron chi connectivity index (χ4n) is 3.53. The van der Waals surface area contributed by atoms with E-state index in [1.807, 2.05) is 10.9 Å². The fraction of sp³-hybridized carbons (Fsp3) is 0.333. The van der Waals surface area contributed by atoms with Crippen molar-refractivity contribution in [2.75, 3.05) is 30.8 Å². The Kier molecular flexibility index (Phi) is 7.09. The highest BCUT2D eigenvalue weighted by atomic mass is 35.5. The van der Waals surface area contributed by atoms with Gasteiger partial charge in [0.05, 0.1) is 40.8 Å². The second kappa shape index (κ2) is 10.2. The number of benzene rings is 1. The van der Waals surface area contributed by atoms with E-state index in [1.165, 1.54) is 13.3 Å². The Bertz CT molecular complexity index is 1080. The van der Waals surface area contributed by atoms with Crippen LogP contribution in [0.1, 0.15) is 35.7 Å². The van der Waals surface area contributed by atoms with Crippen molar-refractivity contribution in [1.29, 1.82) is 0 Å². The minimum Gasteiger partial charge on any atom is -0.480 e. The van der Waals surface area contributed by atoms with Gasteiger partial charge < -0.3 is 20.7 Å². The lowest BCUT2D eigenvalue weighted by molar-refractivity contribution is 0.102. The van der Waals surface area contributed by atoms with Crippen LogP contribution in [0.5, 0.6) is 5.88 Å². The third kappa shape index (κ3) is 5.12. The highest BCUT2D eigenvalue weighted by molar-refractivity contribution is 6.40. The van der Waals surface area contributed by atoms with Crippen molar-refractivity contribution in [3.8, 4) is 5.88 Å². The minimum atomic E-state index is -0.488. The summed E-state index contributed by atoms with van der Waals surface area (Å²) in [7, 11) is 1.43. The first-order valence-corrected chi connectivity index (χ1v) is 11.0. The van der Waals surface area contributed by atoms with Crippen molar-refractivity contribution < 1.29 is 9.53 Å². The smallest absolute Gasteiger partial charge is 0.262 e. The Labute approximate surface area is 195 Å². The molecule has 32 heavy (non-hydrogen) atoms. The van der Waals surface area contributed by atoms with Crippen molar-refractivity contribution in [3.05, 3.63) is 52.4 Å². The molecule has 4 rings (SSSR count). The van der Waals surface area contributed by atoms with Crippen LogP contribution in [0.4, 0.5) is 17.3 Å². The molecular weight excluding hydrogens is 453 g/mol. The Morgan fingerprint density at radius 2 is 2.03 bits per heavy atom. The van der Waals surface area contributed by atoms with Gasteiger partial charge in [0.1, 0.15) is 5.56 Å². The van der Waals surface area contributed by atoms with Crippen LogP contribution in [-0.2, 0) is 0 Å². The quantitative estimate of drug-likeness (QED) is 0.487. The van der Waals surface area contributed by atoms with E-state index in [4.69, 9.17) is 27.9 Å². The molecule has 1 aromatic carbocycles. The standard InChI is InChI=1S/C21H23Cl2N7O2/c1-32-20-15(19(31)28-18-16(22)5-2-6-17(18)23)11-25-21(29-20)27-13-10-26-30(12-13)14-4-3-8-24-9-7-14/h2,5-6,10-12,14,24H,3-4,7-9H2,1H3,(H,28,31)(H,25,27,29)/t14-/m1/s1. The topological polar surface area (TPSA) is 106 Å². The maximum Gasteiger partial charge on any atom is 0.262 e. The molecule has 0 bridgehead atoms. The van der Waals surface area contributed by atoms with Gasteiger partial charge in [0.15, 0.2) is 0 Å². The third-order valence-electron chi connectivity index (χ3n) is 5.17.